The third-order valence-corrected chi connectivity index (χ3v) is 4.20. The molecule has 1 atom stereocenters. The Morgan fingerprint density at radius 2 is 2.18 bits per heavy atom. The zero-order valence-corrected chi connectivity index (χ0v) is 15.1. The summed E-state index contributed by atoms with van der Waals surface area (Å²) in [5.74, 6) is -0.301. The molecule has 1 unspecified atom stereocenters. The number of hydrogen-bond acceptors (Lipinski definition) is 6. The number of carbonyl (C=O) groups excluding carboxylic acids is 1. The molecule has 0 spiro atoms. The minimum Gasteiger partial charge on any atom is -0.379 e. The van der Waals surface area contributed by atoms with Crippen LogP contribution in [0.2, 0.25) is 0 Å². The molecule has 1 aliphatic heterocycles. The second-order valence-corrected chi connectivity index (χ2v) is 6.00. The summed E-state index contributed by atoms with van der Waals surface area (Å²) in [7, 11) is 0. The third kappa shape index (κ3) is 7.21. The van der Waals surface area contributed by atoms with E-state index in [0.717, 1.165) is 50.0 Å². The fourth-order valence-electron chi connectivity index (χ4n) is 2.20. The van der Waals surface area contributed by atoms with Crippen LogP contribution in [0.5, 0.6) is 0 Å². The van der Waals surface area contributed by atoms with Gasteiger partial charge in [0, 0.05) is 31.6 Å². The van der Waals surface area contributed by atoms with E-state index in [2.05, 4.69) is 15.2 Å². The molecule has 3 N–H and O–H groups in total. The predicted molar refractivity (Wildman–Crippen MR) is 93.0 cm³/mol. The first-order chi connectivity index (χ1) is 9.65. The predicted octanol–water partition coefficient (Wildman–Crippen LogP) is 0.961. The first-order valence-electron chi connectivity index (χ1n) is 6.89. The van der Waals surface area contributed by atoms with Crippen LogP contribution in [0.1, 0.15) is 17.1 Å². The smallest absolute Gasteiger partial charge is 0.234 e. The zero-order valence-electron chi connectivity index (χ0n) is 12.6. The number of primary amides is 1. The third-order valence-electron chi connectivity index (χ3n) is 3.38. The number of aryl methyl sites for hydroxylation is 1. The molecule has 0 aromatic carbocycles. The highest BCUT2D eigenvalue weighted by Gasteiger charge is 2.18. The van der Waals surface area contributed by atoms with E-state index in [-0.39, 0.29) is 36.8 Å². The summed E-state index contributed by atoms with van der Waals surface area (Å²) in [6, 6.07) is -0.306. The zero-order chi connectivity index (χ0) is 14.4. The number of nitrogens with two attached hydrogens (primary N) is 1. The summed E-state index contributed by atoms with van der Waals surface area (Å²) in [5.41, 5.74) is 6.42. The molecule has 1 saturated heterocycles. The molecule has 9 heteroatoms. The molecule has 22 heavy (non-hydrogen) atoms. The largest absolute Gasteiger partial charge is 0.379 e. The fraction of sp³-hybridized carbons (Fsp3) is 0.692. The highest BCUT2D eigenvalue weighted by molar-refractivity contribution is 7.09. The molecular formula is C13H24Cl2N4O2S. The van der Waals surface area contributed by atoms with Crippen LogP contribution in [0.3, 0.4) is 0 Å². The molecule has 0 bridgehead atoms. The van der Waals surface area contributed by atoms with Crippen molar-refractivity contribution in [2.45, 2.75) is 25.9 Å². The topological polar surface area (TPSA) is 80.5 Å². The Bertz CT molecular complexity index is 441. The molecule has 1 aromatic heterocycles. The number of ether oxygens (including phenoxy) is 1. The lowest BCUT2D eigenvalue weighted by Crippen LogP contribution is -2.45. The van der Waals surface area contributed by atoms with Crippen LogP contribution in [0.4, 0.5) is 0 Å². The molecule has 1 amide bonds. The minimum absolute atomic E-state index is 0. The number of hydrogen-bond donors (Lipinski definition) is 2. The highest BCUT2D eigenvalue weighted by Crippen LogP contribution is 2.08. The van der Waals surface area contributed by atoms with Crippen LogP contribution < -0.4 is 11.1 Å². The SMILES string of the molecule is Cc1nc(CNC(CCN2CCOCC2)C(N)=O)cs1.Cl.Cl. The van der Waals surface area contributed by atoms with Crippen LogP contribution in [-0.4, -0.2) is 54.7 Å². The minimum atomic E-state index is -0.306. The Balaban J connectivity index is 0.00000220. The number of morpholine rings is 1. The van der Waals surface area contributed by atoms with Gasteiger partial charge in [-0.3, -0.25) is 9.69 Å². The highest BCUT2D eigenvalue weighted by atomic mass is 35.5. The molecule has 1 aliphatic rings. The van der Waals surface area contributed by atoms with Gasteiger partial charge in [0.15, 0.2) is 0 Å². The summed E-state index contributed by atoms with van der Waals surface area (Å²) in [6.45, 7) is 6.81. The van der Waals surface area contributed by atoms with Gasteiger partial charge < -0.3 is 15.8 Å². The van der Waals surface area contributed by atoms with Crippen molar-refractivity contribution >= 4 is 42.1 Å². The molecule has 128 valence electrons. The molecular weight excluding hydrogens is 347 g/mol. The average molecular weight is 371 g/mol. The number of nitrogens with zero attached hydrogens (tertiary/aromatic N) is 2. The lowest BCUT2D eigenvalue weighted by atomic mass is 10.1. The van der Waals surface area contributed by atoms with Crippen molar-refractivity contribution in [1.82, 2.24) is 15.2 Å². The maximum atomic E-state index is 11.5. The van der Waals surface area contributed by atoms with Gasteiger partial charge in [0.05, 0.1) is 30.0 Å². The van der Waals surface area contributed by atoms with Gasteiger partial charge in [0.25, 0.3) is 0 Å². The van der Waals surface area contributed by atoms with Crippen LogP contribution in [-0.2, 0) is 16.1 Å². The second kappa shape index (κ2) is 11.2. The lowest BCUT2D eigenvalue weighted by molar-refractivity contribution is -0.120. The Labute approximate surface area is 147 Å². The number of rotatable bonds is 7. The van der Waals surface area contributed by atoms with Gasteiger partial charge in [-0.25, -0.2) is 4.98 Å². The first kappa shape index (κ1) is 21.6. The van der Waals surface area contributed by atoms with E-state index < -0.39 is 0 Å². The van der Waals surface area contributed by atoms with Gasteiger partial charge in [-0.15, -0.1) is 36.2 Å². The van der Waals surface area contributed by atoms with E-state index in [4.69, 9.17) is 10.5 Å². The number of aromatic nitrogens is 1. The summed E-state index contributed by atoms with van der Waals surface area (Å²) in [4.78, 5) is 18.2. The number of carbonyl (C=O) groups is 1. The van der Waals surface area contributed by atoms with Crippen LogP contribution in [0, 0.1) is 6.92 Å². The van der Waals surface area contributed by atoms with Crippen molar-refractivity contribution in [3.05, 3.63) is 16.1 Å². The molecule has 6 nitrogen and oxygen atoms in total. The summed E-state index contributed by atoms with van der Waals surface area (Å²) in [6.07, 6.45) is 0.721. The van der Waals surface area contributed by atoms with E-state index in [0.29, 0.717) is 6.54 Å². The van der Waals surface area contributed by atoms with Crippen molar-refractivity contribution in [1.29, 1.82) is 0 Å². The van der Waals surface area contributed by atoms with Gasteiger partial charge in [-0.1, -0.05) is 0 Å². The fourth-order valence-corrected chi connectivity index (χ4v) is 2.81. The Morgan fingerprint density at radius 1 is 1.50 bits per heavy atom. The lowest BCUT2D eigenvalue weighted by Gasteiger charge is -2.27. The van der Waals surface area contributed by atoms with Gasteiger partial charge in [0.1, 0.15) is 0 Å². The summed E-state index contributed by atoms with van der Waals surface area (Å²) in [5, 5.41) is 6.24. The van der Waals surface area contributed by atoms with Crippen molar-refractivity contribution < 1.29 is 9.53 Å². The molecule has 1 aromatic rings. The summed E-state index contributed by atoms with van der Waals surface area (Å²) >= 11 is 1.61. The van der Waals surface area contributed by atoms with Crippen molar-refractivity contribution in [3.63, 3.8) is 0 Å². The normalized spacial score (nSPS) is 16.4. The van der Waals surface area contributed by atoms with Crippen molar-refractivity contribution in [2.75, 3.05) is 32.8 Å². The van der Waals surface area contributed by atoms with E-state index in [1.54, 1.807) is 11.3 Å². The van der Waals surface area contributed by atoms with Crippen molar-refractivity contribution in [3.8, 4) is 0 Å². The van der Waals surface area contributed by atoms with E-state index in [9.17, 15) is 4.79 Å². The second-order valence-electron chi connectivity index (χ2n) is 4.94. The summed E-state index contributed by atoms with van der Waals surface area (Å²) < 4.78 is 5.31. The maximum absolute atomic E-state index is 11.5. The Morgan fingerprint density at radius 3 is 2.73 bits per heavy atom. The van der Waals surface area contributed by atoms with Crippen LogP contribution >= 0.6 is 36.2 Å². The quantitative estimate of drug-likeness (QED) is 0.746. The number of nitrogens with one attached hydrogen (secondary N) is 1. The molecule has 2 heterocycles. The molecule has 1 fully saturated rings. The Hall–Kier alpha value is -0.440. The van der Waals surface area contributed by atoms with Crippen LogP contribution in [0.15, 0.2) is 5.38 Å². The molecule has 0 radical (unpaired) electrons. The van der Waals surface area contributed by atoms with Gasteiger partial charge >= 0.3 is 0 Å². The molecule has 0 saturated carbocycles. The average Bonchev–Trinajstić information content (AvgIpc) is 2.85. The maximum Gasteiger partial charge on any atom is 0.234 e. The van der Waals surface area contributed by atoms with Gasteiger partial charge in [-0.2, -0.15) is 0 Å². The van der Waals surface area contributed by atoms with Crippen LogP contribution in [0.25, 0.3) is 0 Å². The standard InChI is InChI=1S/C13H22N4O2S.2ClH/c1-10-16-11(9-20-10)8-15-12(13(14)18)2-3-17-4-6-19-7-5-17;;/h9,12,15H,2-8H2,1H3,(H2,14,18);2*1H. The number of thiazole rings is 1. The number of amides is 1. The molecule has 2 rings (SSSR count). The molecule has 0 aliphatic carbocycles. The van der Waals surface area contributed by atoms with E-state index >= 15 is 0 Å². The first-order valence-corrected chi connectivity index (χ1v) is 7.77. The van der Waals surface area contributed by atoms with E-state index in [1.165, 1.54) is 0 Å². The van der Waals surface area contributed by atoms with Gasteiger partial charge in [0.2, 0.25) is 5.91 Å². The monoisotopic (exact) mass is 370 g/mol. The number of halogens is 2. The van der Waals surface area contributed by atoms with Crippen molar-refractivity contribution in [2.24, 2.45) is 5.73 Å². The van der Waals surface area contributed by atoms with E-state index in [1.807, 2.05) is 12.3 Å². The Kier molecular flexibility index (Phi) is 10.9. The van der Waals surface area contributed by atoms with Gasteiger partial charge in [-0.05, 0) is 13.3 Å².